The number of thiazole rings is 1. The van der Waals surface area contributed by atoms with Crippen LogP contribution in [0.15, 0.2) is 24.3 Å². The number of carbonyl (C=O) groups is 1. The number of hydrogen-bond donors (Lipinski definition) is 1. The Labute approximate surface area is 146 Å². The number of nitrogens with one attached hydrogen (secondary N) is 1. The molecule has 3 rings (SSSR count). The molecule has 0 radical (unpaired) electrons. The Kier molecular flexibility index (Phi) is 6.57. The van der Waals surface area contributed by atoms with Crippen molar-refractivity contribution >= 4 is 27.5 Å². The lowest BCUT2D eigenvalue weighted by Crippen LogP contribution is -2.31. The van der Waals surface area contributed by atoms with Crippen LogP contribution in [-0.2, 0) is 20.7 Å². The maximum Gasteiger partial charge on any atom is 0.245 e. The van der Waals surface area contributed by atoms with Crippen molar-refractivity contribution < 1.29 is 14.3 Å². The molecule has 1 aromatic carbocycles. The van der Waals surface area contributed by atoms with Crippen LogP contribution >= 0.6 is 11.3 Å². The third-order valence-corrected chi connectivity index (χ3v) is 5.13. The van der Waals surface area contributed by atoms with E-state index < -0.39 is 0 Å². The van der Waals surface area contributed by atoms with E-state index in [2.05, 4.69) is 16.4 Å². The van der Waals surface area contributed by atoms with E-state index in [-0.39, 0.29) is 18.6 Å². The van der Waals surface area contributed by atoms with Crippen molar-refractivity contribution in [2.75, 3.05) is 26.4 Å². The molecule has 2 heterocycles. The first-order chi connectivity index (χ1) is 11.8. The minimum atomic E-state index is -0.0601. The number of para-hydroxylation sites is 1. The zero-order chi connectivity index (χ0) is 16.6. The number of hydrogen-bond acceptors (Lipinski definition) is 5. The molecule has 1 fully saturated rings. The second kappa shape index (κ2) is 9.11. The summed E-state index contributed by atoms with van der Waals surface area (Å²) in [7, 11) is 0. The fraction of sp³-hybridized carbons (Fsp3) is 0.556. The lowest BCUT2D eigenvalue weighted by Gasteiger charge is -2.22. The van der Waals surface area contributed by atoms with E-state index >= 15 is 0 Å². The van der Waals surface area contributed by atoms with Crippen LogP contribution in [-0.4, -0.2) is 43.4 Å². The predicted octanol–water partition coefficient (Wildman–Crippen LogP) is 2.93. The Morgan fingerprint density at radius 3 is 3.12 bits per heavy atom. The van der Waals surface area contributed by atoms with Crippen molar-refractivity contribution in [3.63, 3.8) is 0 Å². The number of carbonyl (C=O) groups excluding carboxylic acids is 1. The fourth-order valence-electron chi connectivity index (χ4n) is 2.77. The van der Waals surface area contributed by atoms with Gasteiger partial charge in [-0.3, -0.25) is 4.79 Å². The molecule has 1 aliphatic heterocycles. The van der Waals surface area contributed by atoms with Gasteiger partial charge in [0.15, 0.2) is 0 Å². The number of aryl methyl sites for hydroxylation is 1. The van der Waals surface area contributed by atoms with E-state index in [4.69, 9.17) is 9.47 Å². The maximum atomic E-state index is 11.7. The molecule has 0 spiro atoms. The first-order valence-corrected chi connectivity index (χ1v) is 9.43. The van der Waals surface area contributed by atoms with Gasteiger partial charge in [0.1, 0.15) is 6.61 Å². The fourth-order valence-corrected chi connectivity index (χ4v) is 3.78. The highest BCUT2D eigenvalue weighted by Crippen LogP contribution is 2.22. The van der Waals surface area contributed by atoms with Gasteiger partial charge in [0.2, 0.25) is 5.91 Å². The third kappa shape index (κ3) is 5.26. The smallest absolute Gasteiger partial charge is 0.245 e. The molecule has 1 saturated heterocycles. The lowest BCUT2D eigenvalue weighted by atomic mass is 10.1. The Bertz CT molecular complexity index is 620. The molecular formula is C18H24N2O3S. The number of amides is 1. The third-order valence-electron chi connectivity index (χ3n) is 4.04. The Morgan fingerprint density at radius 1 is 1.38 bits per heavy atom. The second-order valence-corrected chi connectivity index (χ2v) is 7.15. The van der Waals surface area contributed by atoms with Gasteiger partial charge in [0.25, 0.3) is 0 Å². The molecule has 0 unspecified atom stereocenters. The highest BCUT2D eigenvalue weighted by atomic mass is 32.1. The summed E-state index contributed by atoms with van der Waals surface area (Å²) in [4.78, 5) is 16.3. The lowest BCUT2D eigenvalue weighted by molar-refractivity contribution is -0.127. The Balaban J connectivity index is 1.27. The van der Waals surface area contributed by atoms with Crippen LogP contribution in [0.5, 0.6) is 0 Å². The summed E-state index contributed by atoms with van der Waals surface area (Å²) in [6.07, 6.45) is 5.28. The van der Waals surface area contributed by atoms with Crippen LogP contribution < -0.4 is 5.32 Å². The number of nitrogens with zero attached hydrogens (tertiary/aromatic N) is 1. The summed E-state index contributed by atoms with van der Waals surface area (Å²) in [5.74, 6) is -0.0601. The summed E-state index contributed by atoms with van der Waals surface area (Å²) in [5, 5.41) is 4.02. The van der Waals surface area contributed by atoms with Gasteiger partial charge in [-0.2, -0.15) is 0 Å². The number of fused-ring (bicyclic) bond motifs is 1. The van der Waals surface area contributed by atoms with Gasteiger partial charge < -0.3 is 14.8 Å². The van der Waals surface area contributed by atoms with Crippen LogP contribution in [0.2, 0.25) is 0 Å². The van der Waals surface area contributed by atoms with Crippen molar-refractivity contribution in [3.8, 4) is 0 Å². The largest absolute Gasteiger partial charge is 0.376 e. The van der Waals surface area contributed by atoms with E-state index in [1.807, 2.05) is 18.2 Å². The summed E-state index contributed by atoms with van der Waals surface area (Å²) in [6, 6.07) is 8.16. The molecule has 1 amide bonds. The monoisotopic (exact) mass is 348 g/mol. The van der Waals surface area contributed by atoms with Gasteiger partial charge in [-0.25, -0.2) is 4.98 Å². The highest BCUT2D eigenvalue weighted by molar-refractivity contribution is 7.18. The van der Waals surface area contributed by atoms with Crippen LogP contribution in [0.1, 0.15) is 30.7 Å². The summed E-state index contributed by atoms with van der Waals surface area (Å²) in [5.41, 5.74) is 1.06. The van der Waals surface area contributed by atoms with Crippen LogP contribution in [0, 0.1) is 0 Å². The molecule has 1 aliphatic rings. The first-order valence-electron chi connectivity index (χ1n) is 8.62. The van der Waals surface area contributed by atoms with Gasteiger partial charge in [0.05, 0.1) is 27.9 Å². The van der Waals surface area contributed by atoms with Crippen molar-refractivity contribution in [1.29, 1.82) is 0 Å². The Hall–Kier alpha value is -1.50. The molecular weight excluding hydrogens is 324 g/mol. The molecule has 2 aromatic rings. The number of benzene rings is 1. The standard InChI is InChI=1S/C18H24N2O3S/c21-17(13-22-12-14-6-3-4-11-23-14)19-10-5-9-18-20-15-7-1-2-8-16(15)24-18/h1-2,7-8,14H,3-6,9-13H2,(H,19,21)/t14-/m1/s1. The number of ether oxygens (including phenoxy) is 2. The van der Waals surface area contributed by atoms with Crippen molar-refractivity contribution in [2.24, 2.45) is 0 Å². The quantitative estimate of drug-likeness (QED) is 0.745. The zero-order valence-corrected chi connectivity index (χ0v) is 14.6. The van der Waals surface area contributed by atoms with Crippen LogP contribution in [0.4, 0.5) is 0 Å². The van der Waals surface area contributed by atoms with Gasteiger partial charge in [-0.15, -0.1) is 11.3 Å². The Morgan fingerprint density at radius 2 is 2.29 bits per heavy atom. The maximum absolute atomic E-state index is 11.7. The van der Waals surface area contributed by atoms with E-state index in [9.17, 15) is 4.79 Å². The summed E-state index contributed by atoms with van der Waals surface area (Å²) < 4.78 is 12.2. The normalized spacial score (nSPS) is 17.9. The molecule has 1 N–H and O–H groups in total. The summed E-state index contributed by atoms with van der Waals surface area (Å²) >= 11 is 1.72. The van der Waals surface area contributed by atoms with Crippen LogP contribution in [0.3, 0.4) is 0 Å². The molecule has 130 valence electrons. The average Bonchev–Trinajstić information content (AvgIpc) is 3.02. The second-order valence-electron chi connectivity index (χ2n) is 6.03. The average molecular weight is 348 g/mol. The first kappa shape index (κ1) is 17.3. The number of rotatable bonds is 8. The minimum Gasteiger partial charge on any atom is -0.376 e. The zero-order valence-electron chi connectivity index (χ0n) is 13.8. The van der Waals surface area contributed by atoms with E-state index in [1.54, 1.807) is 11.3 Å². The molecule has 1 aromatic heterocycles. The van der Waals surface area contributed by atoms with E-state index in [0.29, 0.717) is 13.2 Å². The highest BCUT2D eigenvalue weighted by Gasteiger charge is 2.14. The molecule has 0 bridgehead atoms. The van der Waals surface area contributed by atoms with Gasteiger partial charge in [-0.1, -0.05) is 12.1 Å². The van der Waals surface area contributed by atoms with Gasteiger partial charge in [-0.05, 0) is 37.8 Å². The van der Waals surface area contributed by atoms with Crippen molar-refractivity contribution in [1.82, 2.24) is 10.3 Å². The van der Waals surface area contributed by atoms with Gasteiger partial charge in [0, 0.05) is 19.6 Å². The molecule has 24 heavy (non-hydrogen) atoms. The van der Waals surface area contributed by atoms with Crippen molar-refractivity contribution in [3.05, 3.63) is 29.3 Å². The predicted molar refractivity (Wildman–Crippen MR) is 95.4 cm³/mol. The summed E-state index contributed by atoms with van der Waals surface area (Å²) in [6.45, 7) is 2.09. The molecule has 5 nitrogen and oxygen atoms in total. The molecule has 0 saturated carbocycles. The van der Waals surface area contributed by atoms with Crippen molar-refractivity contribution in [2.45, 2.75) is 38.2 Å². The van der Waals surface area contributed by atoms with Gasteiger partial charge >= 0.3 is 0 Å². The van der Waals surface area contributed by atoms with E-state index in [0.717, 1.165) is 42.8 Å². The SMILES string of the molecule is O=C(COC[C@H]1CCCCO1)NCCCc1nc2ccccc2s1. The minimum absolute atomic E-state index is 0.0601. The molecule has 1 atom stereocenters. The van der Waals surface area contributed by atoms with Crippen LogP contribution in [0.25, 0.3) is 10.2 Å². The number of aromatic nitrogens is 1. The van der Waals surface area contributed by atoms with E-state index in [1.165, 1.54) is 11.1 Å². The topological polar surface area (TPSA) is 60.5 Å². The molecule has 6 heteroatoms. The molecule has 0 aliphatic carbocycles.